The monoisotopic (exact) mass is 392 g/mol. The number of nitrogens with zero attached hydrogens (tertiary/aromatic N) is 3. The van der Waals surface area contributed by atoms with Crippen LogP contribution in [0, 0.1) is 0 Å². The highest BCUT2D eigenvalue weighted by atomic mass is 35.5. The second-order valence-corrected chi connectivity index (χ2v) is 7.44. The maximum Gasteiger partial charge on any atom is 0.272 e. The van der Waals surface area contributed by atoms with Crippen LogP contribution < -0.4 is 5.43 Å². The van der Waals surface area contributed by atoms with Crippen molar-refractivity contribution in [1.82, 2.24) is 15.3 Å². The minimum atomic E-state index is -0.222. The van der Waals surface area contributed by atoms with Gasteiger partial charge in [-0.2, -0.15) is 5.10 Å². The van der Waals surface area contributed by atoms with Crippen molar-refractivity contribution < 1.29 is 4.79 Å². The molecule has 1 fully saturated rings. The van der Waals surface area contributed by atoms with E-state index >= 15 is 0 Å². The maximum absolute atomic E-state index is 12.9. The van der Waals surface area contributed by atoms with Crippen LogP contribution in [0.25, 0.3) is 22.2 Å². The number of para-hydroxylation sites is 1. The second kappa shape index (κ2) is 8.09. The Labute approximate surface area is 169 Å². The number of fused-ring (bicyclic) bond motifs is 1. The lowest BCUT2D eigenvalue weighted by molar-refractivity contribution is 0.0956. The average molecular weight is 393 g/mol. The lowest BCUT2D eigenvalue weighted by Gasteiger charge is -2.22. The fourth-order valence-electron chi connectivity index (χ4n) is 3.31. The number of aromatic nitrogens is 1. The van der Waals surface area contributed by atoms with Gasteiger partial charge in [-0.25, -0.2) is 10.4 Å². The van der Waals surface area contributed by atoms with E-state index in [-0.39, 0.29) is 5.91 Å². The first-order valence-corrected chi connectivity index (χ1v) is 9.68. The Balaban J connectivity index is 1.67. The Bertz CT molecular complexity index is 1040. The van der Waals surface area contributed by atoms with E-state index in [1.807, 2.05) is 54.6 Å². The fraction of sp³-hybridized carbons (Fsp3) is 0.227. The summed E-state index contributed by atoms with van der Waals surface area (Å²) in [4.78, 5) is 19.9. The molecule has 3 aromatic rings. The molecule has 0 radical (unpaired) electrons. The number of piperidine rings is 1. The maximum atomic E-state index is 12.9. The summed E-state index contributed by atoms with van der Waals surface area (Å²) in [6, 6.07) is 16.9. The largest absolute Gasteiger partial charge is 0.306 e. The molecule has 0 spiro atoms. The van der Waals surface area contributed by atoms with Gasteiger partial charge in [-0.15, -0.1) is 0 Å². The van der Waals surface area contributed by atoms with Crippen molar-refractivity contribution in [3.8, 4) is 11.3 Å². The molecule has 4 rings (SSSR count). The third-order valence-electron chi connectivity index (χ3n) is 4.98. The predicted molar refractivity (Wildman–Crippen MR) is 114 cm³/mol. The molecule has 0 bridgehead atoms. The molecule has 0 saturated carbocycles. The molecule has 1 N–H and O–H groups in total. The number of pyridine rings is 1. The summed E-state index contributed by atoms with van der Waals surface area (Å²) in [7, 11) is 2.09. The Morgan fingerprint density at radius 1 is 1.11 bits per heavy atom. The van der Waals surface area contributed by atoms with Crippen molar-refractivity contribution in [2.45, 2.75) is 12.8 Å². The van der Waals surface area contributed by atoms with Crippen LogP contribution in [-0.4, -0.2) is 41.6 Å². The van der Waals surface area contributed by atoms with Gasteiger partial charge < -0.3 is 4.90 Å². The van der Waals surface area contributed by atoms with Crippen molar-refractivity contribution in [2.24, 2.45) is 5.10 Å². The highest BCUT2D eigenvalue weighted by Gasteiger charge is 2.15. The molecule has 2 aromatic carbocycles. The lowest BCUT2D eigenvalue weighted by Crippen LogP contribution is -2.32. The van der Waals surface area contributed by atoms with E-state index in [4.69, 9.17) is 16.6 Å². The molecule has 1 aliphatic heterocycles. The highest BCUT2D eigenvalue weighted by Crippen LogP contribution is 2.26. The van der Waals surface area contributed by atoms with Gasteiger partial charge in [0.25, 0.3) is 5.91 Å². The fourth-order valence-corrected chi connectivity index (χ4v) is 3.44. The number of nitrogens with one attached hydrogen (secondary N) is 1. The van der Waals surface area contributed by atoms with Crippen LogP contribution in [-0.2, 0) is 0 Å². The number of hydrogen-bond donors (Lipinski definition) is 1. The molecule has 6 heteroatoms. The summed E-state index contributed by atoms with van der Waals surface area (Å²) in [5.41, 5.74) is 6.75. The smallest absolute Gasteiger partial charge is 0.272 e. The van der Waals surface area contributed by atoms with E-state index in [1.165, 1.54) is 0 Å². The molecule has 0 unspecified atom stereocenters. The third-order valence-corrected chi connectivity index (χ3v) is 5.23. The van der Waals surface area contributed by atoms with Crippen molar-refractivity contribution >= 4 is 34.1 Å². The Morgan fingerprint density at radius 2 is 1.82 bits per heavy atom. The number of carbonyl (C=O) groups is 1. The van der Waals surface area contributed by atoms with Crippen LogP contribution in [0.3, 0.4) is 0 Å². The predicted octanol–water partition coefficient (Wildman–Crippen LogP) is 4.37. The van der Waals surface area contributed by atoms with Crippen LogP contribution in [0.1, 0.15) is 23.2 Å². The quantitative estimate of drug-likeness (QED) is 0.673. The summed E-state index contributed by atoms with van der Waals surface area (Å²) in [6.07, 6.45) is 1.76. The van der Waals surface area contributed by atoms with Gasteiger partial charge >= 0.3 is 0 Å². The number of hydrazone groups is 1. The standard InChI is InChI=1S/C22H21ClN4O/c1-27-12-10-17(11-13-27)25-26-22(28)19-14-21(15-6-8-16(23)9-7-15)24-20-5-3-2-4-18(19)20/h2-9,14H,10-13H2,1H3,(H,26,28). The van der Waals surface area contributed by atoms with E-state index < -0.39 is 0 Å². The molecular weight excluding hydrogens is 372 g/mol. The van der Waals surface area contributed by atoms with Gasteiger partial charge in [0, 0.05) is 47.6 Å². The van der Waals surface area contributed by atoms with Crippen molar-refractivity contribution in [3.05, 3.63) is 65.2 Å². The number of halogens is 1. The van der Waals surface area contributed by atoms with Gasteiger partial charge in [-0.1, -0.05) is 41.9 Å². The van der Waals surface area contributed by atoms with E-state index in [1.54, 1.807) is 0 Å². The van der Waals surface area contributed by atoms with Crippen LogP contribution in [0.2, 0.25) is 5.02 Å². The molecule has 1 aromatic heterocycles. The van der Waals surface area contributed by atoms with E-state index in [2.05, 4.69) is 22.5 Å². The number of hydrogen-bond acceptors (Lipinski definition) is 4. The van der Waals surface area contributed by atoms with Gasteiger partial charge in [-0.3, -0.25) is 4.79 Å². The SMILES string of the molecule is CN1CCC(=NNC(=O)c2cc(-c3ccc(Cl)cc3)nc3ccccc23)CC1. The highest BCUT2D eigenvalue weighted by molar-refractivity contribution is 6.30. The van der Waals surface area contributed by atoms with Gasteiger partial charge in [0.1, 0.15) is 0 Å². The van der Waals surface area contributed by atoms with Gasteiger partial charge in [-0.05, 0) is 31.3 Å². The molecule has 1 amide bonds. The first-order chi connectivity index (χ1) is 13.6. The molecule has 142 valence electrons. The summed E-state index contributed by atoms with van der Waals surface area (Å²) in [6.45, 7) is 1.93. The Morgan fingerprint density at radius 3 is 2.57 bits per heavy atom. The first-order valence-electron chi connectivity index (χ1n) is 9.30. The molecule has 28 heavy (non-hydrogen) atoms. The summed E-state index contributed by atoms with van der Waals surface area (Å²) in [5, 5.41) is 5.84. The van der Waals surface area contributed by atoms with E-state index in [9.17, 15) is 4.79 Å². The molecule has 1 saturated heterocycles. The Hall–Kier alpha value is -2.76. The summed E-state index contributed by atoms with van der Waals surface area (Å²) >= 11 is 6.00. The summed E-state index contributed by atoms with van der Waals surface area (Å²) in [5.74, 6) is -0.222. The average Bonchev–Trinajstić information content (AvgIpc) is 2.73. The van der Waals surface area contributed by atoms with Gasteiger partial charge in [0.15, 0.2) is 0 Å². The Kier molecular flexibility index (Phi) is 5.37. The van der Waals surface area contributed by atoms with Crippen molar-refractivity contribution in [2.75, 3.05) is 20.1 Å². The summed E-state index contributed by atoms with van der Waals surface area (Å²) < 4.78 is 0. The van der Waals surface area contributed by atoms with E-state index in [0.717, 1.165) is 53.8 Å². The number of benzene rings is 2. The molecule has 2 heterocycles. The second-order valence-electron chi connectivity index (χ2n) is 7.00. The minimum Gasteiger partial charge on any atom is -0.306 e. The molecule has 0 aliphatic carbocycles. The normalized spacial score (nSPS) is 14.9. The van der Waals surface area contributed by atoms with Crippen LogP contribution in [0.15, 0.2) is 59.7 Å². The number of rotatable bonds is 3. The van der Waals surface area contributed by atoms with Crippen LogP contribution >= 0.6 is 11.6 Å². The zero-order valence-corrected chi connectivity index (χ0v) is 16.4. The van der Waals surface area contributed by atoms with Crippen molar-refractivity contribution in [3.63, 3.8) is 0 Å². The molecule has 5 nitrogen and oxygen atoms in total. The van der Waals surface area contributed by atoms with Crippen LogP contribution in [0.4, 0.5) is 0 Å². The molecule has 1 aliphatic rings. The zero-order chi connectivity index (χ0) is 19.5. The third kappa shape index (κ3) is 4.06. The number of likely N-dealkylation sites (tertiary alicyclic amines) is 1. The van der Waals surface area contributed by atoms with Crippen molar-refractivity contribution in [1.29, 1.82) is 0 Å². The van der Waals surface area contributed by atoms with Crippen LogP contribution in [0.5, 0.6) is 0 Å². The van der Waals surface area contributed by atoms with Gasteiger partial charge in [0.2, 0.25) is 0 Å². The number of amides is 1. The first kappa shape index (κ1) is 18.6. The minimum absolute atomic E-state index is 0.222. The molecular formula is C22H21ClN4O. The topological polar surface area (TPSA) is 57.6 Å². The van der Waals surface area contributed by atoms with E-state index in [0.29, 0.717) is 10.6 Å². The number of carbonyl (C=O) groups excluding carboxylic acids is 1. The zero-order valence-electron chi connectivity index (χ0n) is 15.7. The van der Waals surface area contributed by atoms with Gasteiger partial charge in [0.05, 0.1) is 16.8 Å². The lowest BCUT2D eigenvalue weighted by atomic mass is 10.0. The molecule has 0 atom stereocenters.